The molecule has 14 aromatic rings. The van der Waals surface area contributed by atoms with Crippen molar-refractivity contribution in [2.24, 2.45) is 0 Å². The van der Waals surface area contributed by atoms with Crippen molar-refractivity contribution in [3.8, 4) is 57.3 Å². The van der Waals surface area contributed by atoms with Gasteiger partial charge in [0.15, 0.2) is 23.1 Å². The number of pyridine rings is 2. The first-order valence-electron chi connectivity index (χ1n) is 36.5. The van der Waals surface area contributed by atoms with Crippen molar-refractivity contribution in [2.75, 3.05) is 39.7 Å². The van der Waals surface area contributed by atoms with Crippen LogP contribution in [0.2, 0.25) is 0 Å². The van der Waals surface area contributed by atoms with Gasteiger partial charge in [-0.3, -0.25) is 47.5 Å². The highest BCUT2D eigenvalue weighted by atomic mass is 32.2. The number of aromatic nitrogens is 8. The number of aromatic carboxylic acids is 2. The first-order valence-corrected chi connectivity index (χ1v) is 41.4. The third kappa shape index (κ3) is 19.2. The Morgan fingerprint density at radius 1 is 0.414 bits per heavy atom. The molecule has 0 bridgehead atoms. The van der Waals surface area contributed by atoms with Gasteiger partial charge in [-0.05, 0) is 114 Å². The van der Waals surface area contributed by atoms with Gasteiger partial charge in [-0.15, -0.1) is 25.3 Å². The fraction of sp³-hybridized carbons (Fsp3) is 0.0361. The molecule has 0 unspecified atom stereocenters. The number of anilines is 8. The topological polar surface area (TPSA) is 628 Å². The largest absolute Gasteiger partial charge is 0.478 e. The summed E-state index contributed by atoms with van der Waals surface area (Å²) in [5.74, 6) is -7.40. The molecule has 10 aromatic carbocycles. The minimum Gasteiger partial charge on any atom is -0.478 e. The van der Waals surface area contributed by atoms with Crippen LogP contribution in [0.5, 0.6) is 35.0 Å². The summed E-state index contributed by atoms with van der Waals surface area (Å²) >= 11 is 0. The van der Waals surface area contributed by atoms with E-state index in [1.807, 2.05) is 0 Å². The lowest BCUT2D eigenvalue weighted by Gasteiger charge is -2.24. The van der Waals surface area contributed by atoms with E-state index in [1.165, 1.54) is 54.6 Å². The third-order valence-corrected chi connectivity index (χ3v) is 20.8. The SMILES string of the molecule is O=COc1cc(Oc2nc(Cc3cc(Nc4ccc5[nH]c(=O)c(C(=O)c6ccccc6)c6c5c4C(=O)c4ccccc4-6)ccc3S(=O)(=O)O)nc(NCCNc3nc(Nc4cccc(Nc5ccc6[nH]c(=O)c(C(=O)c7cccc(S(=O)(=O)O)c7)c7c6c5C(=O)c5ccccc5-7)c4)nc(Oc4cc(OC=O)cc(C(=O)O)c4)n3)n2)cc(C(=O)O)c1.O=S(=O)=O.O=S(=O)=O. The Labute approximate surface area is 719 Å². The summed E-state index contributed by atoms with van der Waals surface area (Å²) in [4.78, 5) is 165. The van der Waals surface area contributed by atoms with Crippen LogP contribution in [0, 0.1) is 0 Å². The van der Waals surface area contributed by atoms with Crippen LogP contribution in [0.15, 0.2) is 226 Å². The summed E-state index contributed by atoms with van der Waals surface area (Å²) in [5.41, 5.74) is -0.453. The zero-order chi connectivity index (χ0) is 91.2. The first-order chi connectivity index (χ1) is 61.2. The predicted octanol–water partition coefficient (Wildman–Crippen LogP) is 9.51. The number of carbonyl (C=O) groups is 8. The van der Waals surface area contributed by atoms with E-state index in [2.05, 4.69) is 66.5 Å². The number of hydrogen-bond acceptors (Lipinski definition) is 35. The lowest BCUT2D eigenvalue weighted by Crippen LogP contribution is -2.24. The van der Waals surface area contributed by atoms with Gasteiger partial charge >= 0.3 is 45.2 Å². The van der Waals surface area contributed by atoms with Crippen LogP contribution < -0.4 is 56.6 Å². The van der Waals surface area contributed by atoms with Crippen molar-refractivity contribution in [1.82, 2.24) is 39.9 Å². The molecule has 128 heavy (non-hydrogen) atoms. The molecule has 41 nitrogen and oxygen atoms in total. The highest BCUT2D eigenvalue weighted by molar-refractivity contribution is 7.86. The Kier molecular flexibility index (Phi) is 24.9. The van der Waals surface area contributed by atoms with Gasteiger partial charge in [0.1, 0.15) is 28.8 Å². The summed E-state index contributed by atoms with van der Waals surface area (Å²) in [6, 6.07) is 47.2. The van der Waals surface area contributed by atoms with Gasteiger partial charge in [0.2, 0.25) is 17.8 Å². The molecule has 0 atom stereocenters. The molecule has 4 heterocycles. The summed E-state index contributed by atoms with van der Waals surface area (Å²) < 4.78 is 144. The molecule has 0 aliphatic heterocycles. The summed E-state index contributed by atoms with van der Waals surface area (Å²) in [7, 11) is -16.1. The summed E-state index contributed by atoms with van der Waals surface area (Å²) in [6.45, 7) is -0.220. The molecule has 0 spiro atoms. The van der Waals surface area contributed by atoms with E-state index in [-0.39, 0.29) is 184 Å². The summed E-state index contributed by atoms with van der Waals surface area (Å²) in [5, 5.41) is 35.9. The van der Waals surface area contributed by atoms with E-state index < -0.39 is 127 Å². The lowest BCUT2D eigenvalue weighted by molar-refractivity contribution is -0.121. The van der Waals surface area contributed by atoms with Gasteiger partial charge in [-0.2, -0.15) is 46.7 Å². The van der Waals surface area contributed by atoms with Crippen LogP contribution >= 0.6 is 0 Å². The number of ketones is 4. The normalized spacial score (nSPS) is 11.5. The molecule has 2 aliphatic rings. The van der Waals surface area contributed by atoms with Crippen LogP contribution in [0.1, 0.15) is 95.8 Å². The average molecular weight is 1810 g/mol. The lowest BCUT2D eigenvalue weighted by atomic mass is 9.80. The van der Waals surface area contributed by atoms with Crippen LogP contribution in [-0.4, -0.2) is 162 Å². The fourth-order valence-electron chi connectivity index (χ4n) is 14.0. The Balaban J connectivity index is 0.00000159. The van der Waals surface area contributed by atoms with E-state index in [1.54, 1.807) is 103 Å². The van der Waals surface area contributed by atoms with E-state index in [0.717, 1.165) is 48.5 Å². The van der Waals surface area contributed by atoms with Gasteiger partial charge in [0.25, 0.3) is 44.3 Å². The van der Waals surface area contributed by atoms with Crippen molar-refractivity contribution in [3.05, 3.63) is 294 Å². The molecule has 16 rings (SSSR count). The number of fused-ring (bicyclic) bond motifs is 4. The molecular formula is C83H53N13O28S4. The number of carboxylic acids is 2. The van der Waals surface area contributed by atoms with Crippen molar-refractivity contribution < 1.29 is 119 Å². The molecule has 11 N–H and O–H groups in total. The smallest absolute Gasteiger partial charge is 0.425 e. The molecule has 0 saturated heterocycles. The molecule has 0 amide bonds. The van der Waals surface area contributed by atoms with Gasteiger partial charge < -0.3 is 65.7 Å². The number of ether oxygens (including phenoxy) is 4. The number of benzene rings is 10. The molecule has 4 aromatic heterocycles. The van der Waals surface area contributed by atoms with E-state index in [4.69, 9.17) is 44.2 Å². The second-order valence-corrected chi connectivity index (χ2v) is 30.6. The Hall–Kier alpha value is -17.1. The average Bonchev–Trinajstić information content (AvgIpc) is 0.716. The molecule has 0 fully saturated rings. The maximum atomic E-state index is 14.8. The number of nitrogens with zero attached hydrogens (tertiary/aromatic N) is 6. The number of H-pyrrole nitrogens is 2. The maximum Gasteiger partial charge on any atom is 0.425 e. The van der Waals surface area contributed by atoms with Gasteiger partial charge in [-0.1, -0.05) is 97.1 Å². The van der Waals surface area contributed by atoms with E-state index in [9.17, 15) is 84.1 Å². The van der Waals surface area contributed by atoms with Gasteiger partial charge in [0.05, 0.1) is 54.5 Å². The molecule has 642 valence electrons. The van der Waals surface area contributed by atoms with Crippen molar-refractivity contribution in [2.45, 2.75) is 16.2 Å². The van der Waals surface area contributed by atoms with E-state index >= 15 is 0 Å². The quantitative estimate of drug-likeness (QED) is 0.00899. The second kappa shape index (κ2) is 36.5. The zero-order valence-electron chi connectivity index (χ0n) is 64.3. The maximum absolute atomic E-state index is 14.8. The number of aromatic amines is 2. The number of rotatable bonds is 29. The molecule has 2 aliphatic carbocycles. The number of hydrogen-bond donors (Lipinski definition) is 11. The standard InChI is InChI=1S/C83H53N13O22S2.2O3S/c97-38-115-48-29-43(77(105)106)31-50(36-48)117-82-92-62(34-42-28-47(20-25-61(42)120(112,113)114)87-60-24-22-57-65-63(53-16-4-6-18-55(53)74(102)68(60)65)69(75(103)89-57)71(99)40-10-2-1-3-11-40)91-79(94-82)84-26-27-85-80-93-81(96-83(95-80)118-51-32-44(78(107)108)30-49(37-51)116-39-98)88-46-14-9-13-45(35-46)86-59-23-21-58-66-64(54-17-5-7-19-56(54)73(101)67(59)66)70(76(104)90-58)72(100)41-12-8-15-52(33-41)119(109,110)111;2*1-4(2)3/h1-25,28-33,35-39,86-87H,26-27,34H2,(H,89,103)(H,90,104)(H,105,106)(H,107,108)(H,109,110,111)(H,112,113,114)(H,84,91,92,94)(H2,85,88,93,95,96);;. The number of nitrogens with one attached hydrogen (secondary N) is 7. The molecule has 45 heteroatoms. The van der Waals surface area contributed by atoms with Crippen LogP contribution in [0.3, 0.4) is 0 Å². The Morgan fingerprint density at radius 3 is 1.34 bits per heavy atom. The first kappa shape index (κ1) is 87.2. The monoisotopic (exact) mass is 1810 g/mol. The highest BCUT2D eigenvalue weighted by Gasteiger charge is 2.36. The molecular weight excluding hydrogens is 1760 g/mol. The van der Waals surface area contributed by atoms with Crippen LogP contribution in [0.4, 0.5) is 46.3 Å². The Bertz CT molecular complexity index is 7680. The van der Waals surface area contributed by atoms with E-state index in [0.29, 0.717) is 11.3 Å². The predicted molar refractivity (Wildman–Crippen MR) is 448 cm³/mol. The zero-order valence-corrected chi connectivity index (χ0v) is 67.6. The summed E-state index contributed by atoms with van der Waals surface area (Å²) in [6.07, 6.45) is -0.560. The number of carboxylic acid groups (broad SMARTS) is 2. The Morgan fingerprint density at radius 2 is 0.852 bits per heavy atom. The van der Waals surface area contributed by atoms with Crippen LogP contribution in [0.25, 0.3) is 44.1 Å². The van der Waals surface area contributed by atoms with Crippen molar-refractivity contribution in [3.63, 3.8) is 0 Å². The third-order valence-electron chi connectivity index (χ3n) is 19.0. The van der Waals surface area contributed by atoms with Crippen molar-refractivity contribution in [1.29, 1.82) is 0 Å². The van der Waals surface area contributed by atoms with Crippen molar-refractivity contribution >= 4 is 158 Å². The highest BCUT2D eigenvalue weighted by Crippen LogP contribution is 2.47. The number of carbonyl (C=O) groups excluding carboxylic acids is 6. The van der Waals surface area contributed by atoms with Gasteiger partial charge in [0, 0.05) is 104 Å². The molecule has 0 radical (unpaired) electrons. The minimum atomic E-state index is -5.08. The van der Waals surface area contributed by atoms with Gasteiger partial charge in [-0.25, -0.2) is 9.59 Å². The second-order valence-electron chi connectivity index (χ2n) is 26.9. The minimum absolute atomic E-state index is 0.0423. The van der Waals surface area contributed by atoms with Crippen LogP contribution in [-0.2, 0) is 57.5 Å². The molecule has 0 saturated carbocycles. The fourth-order valence-corrected chi connectivity index (χ4v) is 15.2.